The largest absolute Gasteiger partial charge is 0.378 e. The summed E-state index contributed by atoms with van der Waals surface area (Å²) < 4.78 is 5.44. The van der Waals surface area contributed by atoms with E-state index in [4.69, 9.17) is 9.72 Å². The molecule has 1 atom stereocenters. The molecule has 144 valence electrons. The Morgan fingerprint density at radius 3 is 2.81 bits per heavy atom. The van der Waals surface area contributed by atoms with Crippen LogP contribution in [0.2, 0.25) is 0 Å². The highest BCUT2D eigenvalue weighted by molar-refractivity contribution is 5.44. The summed E-state index contributed by atoms with van der Waals surface area (Å²) in [5.41, 5.74) is 1.14. The van der Waals surface area contributed by atoms with Gasteiger partial charge in [-0.3, -0.25) is 9.88 Å². The molecule has 2 saturated heterocycles. The van der Waals surface area contributed by atoms with Crippen molar-refractivity contribution in [2.24, 2.45) is 0 Å². The van der Waals surface area contributed by atoms with Crippen molar-refractivity contribution in [3.05, 3.63) is 42.4 Å². The standard InChI is InChI=1S/C20H28N6O/c1-24(19-7-9-22-20(23-19)26-11-13-27-14-12-26)18-6-4-10-25(16-18)15-17-5-2-3-8-21-17/h2-3,5,7-9,18H,4,6,10-16H2,1H3. The predicted octanol–water partition coefficient (Wildman–Crippen LogP) is 1.81. The van der Waals surface area contributed by atoms with Crippen molar-refractivity contribution < 1.29 is 4.74 Å². The number of nitrogens with zero attached hydrogens (tertiary/aromatic N) is 6. The molecule has 0 spiro atoms. The number of hydrogen-bond acceptors (Lipinski definition) is 7. The molecule has 0 aliphatic carbocycles. The molecular formula is C20H28N6O. The number of morpholine rings is 1. The maximum Gasteiger partial charge on any atom is 0.227 e. The molecule has 0 amide bonds. The van der Waals surface area contributed by atoms with E-state index in [1.807, 2.05) is 24.5 Å². The van der Waals surface area contributed by atoms with Crippen molar-refractivity contribution in [3.8, 4) is 0 Å². The van der Waals surface area contributed by atoms with Crippen molar-refractivity contribution in [1.82, 2.24) is 19.9 Å². The molecule has 2 aliphatic heterocycles. The van der Waals surface area contributed by atoms with Gasteiger partial charge in [-0.05, 0) is 37.6 Å². The van der Waals surface area contributed by atoms with Crippen LogP contribution in [0.1, 0.15) is 18.5 Å². The second-order valence-corrected chi connectivity index (χ2v) is 7.28. The summed E-state index contributed by atoms with van der Waals surface area (Å²) >= 11 is 0. The number of aromatic nitrogens is 3. The predicted molar refractivity (Wildman–Crippen MR) is 106 cm³/mol. The van der Waals surface area contributed by atoms with Crippen molar-refractivity contribution >= 4 is 11.8 Å². The van der Waals surface area contributed by atoms with Crippen LogP contribution in [-0.4, -0.2) is 72.3 Å². The zero-order valence-electron chi connectivity index (χ0n) is 16.0. The molecule has 7 heteroatoms. The van der Waals surface area contributed by atoms with E-state index in [1.165, 1.54) is 12.8 Å². The van der Waals surface area contributed by atoms with Crippen LogP contribution in [0.4, 0.5) is 11.8 Å². The van der Waals surface area contributed by atoms with Crippen LogP contribution < -0.4 is 9.80 Å². The van der Waals surface area contributed by atoms with Gasteiger partial charge < -0.3 is 14.5 Å². The highest BCUT2D eigenvalue weighted by atomic mass is 16.5. The van der Waals surface area contributed by atoms with Gasteiger partial charge >= 0.3 is 0 Å². The molecule has 0 bridgehead atoms. The first kappa shape index (κ1) is 18.1. The number of rotatable bonds is 5. The first-order valence-electron chi connectivity index (χ1n) is 9.80. The van der Waals surface area contributed by atoms with E-state index < -0.39 is 0 Å². The fourth-order valence-electron chi connectivity index (χ4n) is 3.85. The molecule has 0 aromatic carbocycles. The van der Waals surface area contributed by atoms with Crippen LogP contribution in [0.5, 0.6) is 0 Å². The van der Waals surface area contributed by atoms with Crippen LogP contribution in [0.25, 0.3) is 0 Å². The Hall–Kier alpha value is -2.25. The smallest absolute Gasteiger partial charge is 0.227 e. The van der Waals surface area contributed by atoms with Crippen LogP contribution >= 0.6 is 0 Å². The maximum atomic E-state index is 5.44. The summed E-state index contributed by atoms with van der Waals surface area (Å²) in [6, 6.07) is 8.60. The molecule has 2 aromatic rings. The monoisotopic (exact) mass is 368 g/mol. The zero-order valence-corrected chi connectivity index (χ0v) is 16.0. The van der Waals surface area contributed by atoms with Gasteiger partial charge in [-0.25, -0.2) is 4.98 Å². The molecule has 7 nitrogen and oxygen atoms in total. The number of anilines is 2. The highest BCUT2D eigenvalue weighted by Gasteiger charge is 2.25. The molecule has 0 N–H and O–H groups in total. The SMILES string of the molecule is CN(c1ccnc(N2CCOCC2)n1)C1CCCN(Cc2ccccn2)C1. The van der Waals surface area contributed by atoms with Gasteiger partial charge in [0.1, 0.15) is 5.82 Å². The minimum Gasteiger partial charge on any atom is -0.378 e. The normalized spacial score (nSPS) is 21.2. The molecule has 0 saturated carbocycles. The topological polar surface area (TPSA) is 57.6 Å². The average Bonchev–Trinajstić information content (AvgIpc) is 2.75. The highest BCUT2D eigenvalue weighted by Crippen LogP contribution is 2.22. The van der Waals surface area contributed by atoms with E-state index in [1.54, 1.807) is 0 Å². The van der Waals surface area contributed by atoms with Gasteiger partial charge in [0.2, 0.25) is 5.95 Å². The first-order valence-corrected chi connectivity index (χ1v) is 9.80. The molecule has 1 unspecified atom stereocenters. The Balaban J connectivity index is 1.41. The Labute approximate surface area is 161 Å². The molecule has 2 fully saturated rings. The van der Waals surface area contributed by atoms with Gasteiger partial charge in [0.15, 0.2) is 0 Å². The van der Waals surface area contributed by atoms with Crippen LogP contribution in [0.15, 0.2) is 36.7 Å². The maximum absolute atomic E-state index is 5.44. The summed E-state index contributed by atoms with van der Waals surface area (Å²) in [5, 5.41) is 0. The van der Waals surface area contributed by atoms with Gasteiger partial charge in [0, 0.05) is 51.7 Å². The third-order valence-electron chi connectivity index (χ3n) is 5.42. The van der Waals surface area contributed by atoms with Crippen molar-refractivity contribution in [2.45, 2.75) is 25.4 Å². The van der Waals surface area contributed by atoms with Crippen molar-refractivity contribution in [2.75, 3.05) is 56.2 Å². The molecule has 2 aliphatic rings. The van der Waals surface area contributed by atoms with Gasteiger partial charge in [0.05, 0.1) is 18.9 Å². The van der Waals surface area contributed by atoms with Crippen LogP contribution in [0.3, 0.4) is 0 Å². The Kier molecular flexibility index (Phi) is 5.79. The summed E-state index contributed by atoms with van der Waals surface area (Å²) in [7, 11) is 2.15. The summed E-state index contributed by atoms with van der Waals surface area (Å²) in [4.78, 5) is 20.8. The fourth-order valence-corrected chi connectivity index (χ4v) is 3.85. The first-order chi connectivity index (χ1) is 13.3. The van der Waals surface area contributed by atoms with Gasteiger partial charge in [-0.15, -0.1) is 0 Å². The van der Waals surface area contributed by atoms with Crippen LogP contribution in [-0.2, 0) is 11.3 Å². The number of hydrogen-bond donors (Lipinski definition) is 0. The van der Waals surface area contributed by atoms with Gasteiger partial charge in [-0.2, -0.15) is 4.98 Å². The lowest BCUT2D eigenvalue weighted by molar-refractivity contribution is 0.122. The lowest BCUT2D eigenvalue weighted by Gasteiger charge is -2.38. The number of piperidine rings is 1. The zero-order chi connectivity index (χ0) is 18.5. The molecule has 27 heavy (non-hydrogen) atoms. The number of pyridine rings is 1. The van der Waals surface area contributed by atoms with E-state index in [9.17, 15) is 0 Å². The van der Waals surface area contributed by atoms with E-state index in [0.29, 0.717) is 6.04 Å². The minimum absolute atomic E-state index is 0.454. The summed E-state index contributed by atoms with van der Waals surface area (Å²) in [6.45, 7) is 6.27. The molecule has 0 radical (unpaired) electrons. The van der Waals surface area contributed by atoms with Crippen LogP contribution in [0, 0.1) is 0 Å². The molecule has 2 aromatic heterocycles. The van der Waals surface area contributed by atoms with Crippen molar-refractivity contribution in [3.63, 3.8) is 0 Å². The quantitative estimate of drug-likeness (QED) is 0.798. The third kappa shape index (κ3) is 4.54. The second-order valence-electron chi connectivity index (χ2n) is 7.28. The lowest BCUT2D eigenvalue weighted by atomic mass is 10.0. The Morgan fingerprint density at radius 2 is 2.00 bits per heavy atom. The Bertz CT molecular complexity index is 721. The van der Waals surface area contributed by atoms with E-state index in [0.717, 1.165) is 63.4 Å². The average molecular weight is 368 g/mol. The number of likely N-dealkylation sites (N-methyl/N-ethyl adjacent to an activating group) is 1. The molecular weight excluding hydrogens is 340 g/mol. The number of ether oxygens (including phenoxy) is 1. The van der Waals surface area contributed by atoms with E-state index in [2.05, 4.69) is 43.8 Å². The van der Waals surface area contributed by atoms with E-state index >= 15 is 0 Å². The fraction of sp³-hybridized carbons (Fsp3) is 0.550. The lowest BCUT2D eigenvalue weighted by Crippen LogP contribution is -2.46. The van der Waals surface area contributed by atoms with E-state index in [-0.39, 0.29) is 0 Å². The second kappa shape index (κ2) is 8.63. The molecule has 4 heterocycles. The summed E-state index contributed by atoms with van der Waals surface area (Å²) in [5.74, 6) is 1.81. The van der Waals surface area contributed by atoms with Crippen molar-refractivity contribution in [1.29, 1.82) is 0 Å². The molecule has 4 rings (SSSR count). The van der Waals surface area contributed by atoms with Gasteiger partial charge in [-0.1, -0.05) is 6.07 Å². The third-order valence-corrected chi connectivity index (χ3v) is 5.42. The number of likely N-dealkylation sites (tertiary alicyclic amines) is 1. The minimum atomic E-state index is 0.454. The van der Waals surface area contributed by atoms with Gasteiger partial charge in [0.25, 0.3) is 0 Å². The summed E-state index contributed by atoms with van der Waals surface area (Å²) in [6.07, 6.45) is 6.13. The Morgan fingerprint density at radius 1 is 1.11 bits per heavy atom.